The Morgan fingerprint density at radius 2 is 1.89 bits per heavy atom. The van der Waals surface area contributed by atoms with Crippen molar-refractivity contribution in [3.63, 3.8) is 0 Å². The normalized spacial score (nSPS) is 29.1. The van der Waals surface area contributed by atoms with E-state index in [1.54, 1.807) is 55.1 Å². The summed E-state index contributed by atoms with van der Waals surface area (Å²) in [5.74, 6) is -1.09. The van der Waals surface area contributed by atoms with Crippen LogP contribution in [0.1, 0.15) is 18.4 Å². The molecule has 2 aromatic carbocycles. The molecule has 2 bridgehead atoms. The third-order valence-corrected chi connectivity index (χ3v) is 9.76. The number of hydrogen-bond acceptors (Lipinski definition) is 6. The molecule has 3 aliphatic rings. The molecule has 3 heterocycles. The van der Waals surface area contributed by atoms with Crippen LogP contribution in [0.25, 0.3) is 0 Å². The van der Waals surface area contributed by atoms with Gasteiger partial charge in [-0.15, -0.1) is 11.8 Å². The van der Waals surface area contributed by atoms with E-state index in [1.807, 2.05) is 30.3 Å². The van der Waals surface area contributed by atoms with Gasteiger partial charge in [-0.25, -0.2) is 0 Å². The largest absolute Gasteiger partial charge is 0.497 e. The summed E-state index contributed by atoms with van der Waals surface area (Å²) in [4.78, 5) is 42.5. The lowest BCUT2D eigenvalue weighted by Gasteiger charge is -2.37. The van der Waals surface area contributed by atoms with Gasteiger partial charge >= 0.3 is 0 Å². The Kier molecular flexibility index (Phi) is 6.70. The molecule has 1 spiro atoms. The van der Waals surface area contributed by atoms with Crippen molar-refractivity contribution in [3.05, 3.63) is 60.2 Å². The van der Waals surface area contributed by atoms with Gasteiger partial charge in [-0.3, -0.25) is 14.4 Å². The fraction of sp³-hybridized carbons (Fsp3) is 0.444. The van der Waals surface area contributed by atoms with Crippen LogP contribution in [0.15, 0.2) is 54.6 Å². The lowest BCUT2D eigenvalue weighted by Crippen LogP contribution is -2.55. The van der Waals surface area contributed by atoms with Crippen molar-refractivity contribution in [2.45, 2.75) is 41.3 Å². The first kappa shape index (κ1) is 24.6. The molecule has 3 amide bonds. The molecule has 0 radical (unpaired) electrons. The molecule has 5 rings (SSSR count). The van der Waals surface area contributed by atoms with Crippen LogP contribution in [-0.2, 0) is 20.8 Å². The summed E-state index contributed by atoms with van der Waals surface area (Å²) >= 11 is 1.61. The highest BCUT2D eigenvalue weighted by Crippen LogP contribution is 2.66. The highest BCUT2D eigenvalue weighted by molar-refractivity contribution is 8.02. The van der Waals surface area contributed by atoms with Crippen molar-refractivity contribution >= 4 is 35.2 Å². The fourth-order valence-corrected chi connectivity index (χ4v) is 8.48. The minimum Gasteiger partial charge on any atom is -0.497 e. The van der Waals surface area contributed by atoms with Gasteiger partial charge in [0.1, 0.15) is 11.8 Å². The molecule has 2 aromatic rings. The number of hydrogen-bond donors (Lipinski definition) is 3. The first-order chi connectivity index (χ1) is 17.4. The van der Waals surface area contributed by atoms with E-state index in [1.165, 1.54) is 0 Å². The van der Waals surface area contributed by atoms with Crippen LogP contribution in [0.5, 0.6) is 5.75 Å². The number of ether oxygens (including phenoxy) is 1. The second-order valence-corrected chi connectivity index (χ2v) is 11.3. The number of aliphatic hydroxyl groups is 1. The quantitative estimate of drug-likeness (QED) is 0.503. The van der Waals surface area contributed by atoms with Gasteiger partial charge in [-0.2, -0.15) is 0 Å². The number of thioether (sulfide) groups is 1. The molecule has 2 unspecified atom stereocenters. The van der Waals surface area contributed by atoms with E-state index in [2.05, 4.69) is 10.6 Å². The zero-order valence-electron chi connectivity index (χ0n) is 20.3. The van der Waals surface area contributed by atoms with Crippen LogP contribution in [0, 0.1) is 11.8 Å². The van der Waals surface area contributed by atoms with Gasteiger partial charge in [0.15, 0.2) is 0 Å². The molecule has 0 aliphatic carbocycles. The lowest BCUT2D eigenvalue weighted by atomic mass is 9.70. The smallest absolute Gasteiger partial charge is 0.248 e. The van der Waals surface area contributed by atoms with E-state index in [-0.39, 0.29) is 29.6 Å². The van der Waals surface area contributed by atoms with Gasteiger partial charge < -0.3 is 25.4 Å². The van der Waals surface area contributed by atoms with E-state index in [0.717, 1.165) is 12.0 Å². The summed E-state index contributed by atoms with van der Waals surface area (Å²) in [7, 11) is 3.16. The number of nitrogens with one attached hydrogen (secondary N) is 2. The Labute approximate surface area is 214 Å². The number of carbonyl (C=O) groups is 3. The van der Waals surface area contributed by atoms with Crippen LogP contribution >= 0.6 is 11.8 Å². The predicted molar refractivity (Wildman–Crippen MR) is 138 cm³/mol. The van der Waals surface area contributed by atoms with Crippen LogP contribution in [-0.4, -0.2) is 70.6 Å². The number of carbonyl (C=O) groups excluding carboxylic acids is 3. The Hall–Kier alpha value is -3.04. The van der Waals surface area contributed by atoms with Gasteiger partial charge in [0, 0.05) is 18.0 Å². The maximum atomic E-state index is 14.1. The van der Waals surface area contributed by atoms with Crippen LogP contribution in [0.3, 0.4) is 0 Å². The topological polar surface area (TPSA) is 108 Å². The summed E-state index contributed by atoms with van der Waals surface area (Å²) in [6, 6.07) is 15.3. The van der Waals surface area contributed by atoms with Crippen molar-refractivity contribution in [2.75, 3.05) is 26.1 Å². The third kappa shape index (κ3) is 3.94. The Balaban J connectivity index is 1.52. The number of nitrogens with zero attached hydrogens (tertiary/aromatic N) is 1. The molecule has 0 saturated carbocycles. The summed E-state index contributed by atoms with van der Waals surface area (Å²) in [5.41, 5.74) is 1.56. The molecule has 9 heteroatoms. The average molecular weight is 510 g/mol. The van der Waals surface area contributed by atoms with Crippen molar-refractivity contribution in [2.24, 2.45) is 11.8 Å². The monoisotopic (exact) mass is 509 g/mol. The molecule has 3 fully saturated rings. The fourth-order valence-electron chi connectivity index (χ4n) is 6.27. The zero-order valence-corrected chi connectivity index (χ0v) is 21.2. The van der Waals surface area contributed by atoms with Gasteiger partial charge in [-0.05, 0) is 49.1 Å². The van der Waals surface area contributed by atoms with Crippen LogP contribution in [0.4, 0.5) is 5.69 Å². The van der Waals surface area contributed by atoms with Crippen molar-refractivity contribution in [1.29, 1.82) is 0 Å². The van der Waals surface area contributed by atoms with Crippen LogP contribution in [0.2, 0.25) is 0 Å². The second-order valence-electron chi connectivity index (χ2n) is 9.66. The molecule has 3 saturated heterocycles. The van der Waals surface area contributed by atoms with Gasteiger partial charge in [0.2, 0.25) is 17.7 Å². The Bertz CT molecular complexity index is 1140. The number of rotatable bonds is 8. The Morgan fingerprint density at radius 1 is 1.17 bits per heavy atom. The SMILES string of the molecule is CNC(=O)[C@@H]1[C@H]2C(=O)N([C@@H](CO)Cc3ccccc3)C(C(=O)Nc3ccc(OC)cc3)C23CC[C@H]1S3. The summed E-state index contributed by atoms with van der Waals surface area (Å²) in [6.07, 6.45) is 1.86. The van der Waals surface area contributed by atoms with Crippen LogP contribution < -0.4 is 15.4 Å². The molecular weight excluding hydrogens is 478 g/mol. The minimum atomic E-state index is -0.803. The average Bonchev–Trinajstić information content (AvgIpc) is 3.55. The number of amides is 3. The Morgan fingerprint density at radius 3 is 2.53 bits per heavy atom. The summed E-state index contributed by atoms with van der Waals surface area (Å²) in [5, 5.41) is 16.2. The van der Waals surface area contributed by atoms with E-state index in [0.29, 0.717) is 24.3 Å². The maximum Gasteiger partial charge on any atom is 0.248 e. The first-order valence-corrected chi connectivity index (χ1v) is 13.1. The number of fused-ring (bicyclic) bond motifs is 1. The summed E-state index contributed by atoms with van der Waals surface area (Å²) in [6.45, 7) is -0.283. The van der Waals surface area contributed by atoms with Crippen molar-refractivity contribution in [3.8, 4) is 5.75 Å². The highest BCUT2D eigenvalue weighted by atomic mass is 32.2. The molecule has 8 nitrogen and oxygen atoms in total. The minimum absolute atomic E-state index is 0.000892. The molecule has 6 atom stereocenters. The number of methoxy groups -OCH3 is 1. The van der Waals surface area contributed by atoms with Gasteiger partial charge in [-0.1, -0.05) is 30.3 Å². The standard InChI is InChI=1S/C27H31N3O5S/c1-28-24(32)21-20-12-13-27(36-20)22(21)26(34)30(18(15-31)14-16-6-4-3-5-7-16)23(27)25(33)29-17-8-10-19(35-2)11-9-17/h3-11,18,20-23,31H,12-15H2,1-2H3,(H,28,32)(H,29,33)/t18-,20-,21+,22+,23?,27?/m1/s1. The van der Waals surface area contributed by atoms with E-state index < -0.39 is 28.7 Å². The van der Waals surface area contributed by atoms with E-state index >= 15 is 0 Å². The van der Waals surface area contributed by atoms with Gasteiger partial charge in [0.25, 0.3) is 0 Å². The highest BCUT2D eigenvalue weighted by Gasteiger charge is 2.74. The second kappa shape index (κ2) is 9.78. The molecule has 3 N–H and O–H groups in total. The van der Waals surface area contributed by atoms with E-state index in [9.17, 15) is 19.5 Å². The molecule has 190 valence electrons. The molecule has 0 aromatic heterocycles. The maximum absolute atomic E-state index is 14.1. The molecule has 3 aliphatic heterocycles. The number of aliphatic hydroxyl groups excluding tert-OH is 1. The number of anilines is 1. The first-order valence-electron chi connectivity index (χ1n) is 12.2. The molecule has 36 heavy (non-hydrogen) atoms. The molecular formula is C27H31N3O5S. The van der Waals surface area contributed by atoms with E-state index in [4.69, 9.17) is 4.74 Å². The predicted octanol–water partition coefficient (Wildman–Crippen LogP) is 2.07. The zero-order chi connectivity index (χ0) is 25.4. The van der Waals surface area contributed by atoms with Crippen molar-refractivity contribution < 1.29 is 24.2 Å². The summed E-state index contributed by atoms with van der Waals surface area (Å²) < 4.78 is 4.50. The lowest BCUT2D eigenvalue weighted by molar-refractivity contribution is -0.141. The number of likely N-dealkylation sites (tertiary alicyclic amines) is 1. The number of benzene rings is 2. The van der Waals surface area contributed by atoms with Crippen molar-refractivity contribution in [1.82, 2.24) is 10.2 Å². The third-order valence-electron chi connectivity index (χ3n) is 7.81. The van der Waals surface area contributed by atoms with Gasteiger partial charge in [0.05, 0.1) is 36.3 Å².